The summed E-state index contributed by atoms with van der Waals surface area (Å²) in [5, 5.41) is 20.5. The van der Waals surface area contributed by atoms with Crippen LogP contribution >= 0.6 is 0 Å². The first kappa shape index (κ1) is 12.4. The molecular weight excluding hydrogens is 252 g/mol. The SMILES string of the molecule is Cn1cc(CNCc2nnc3ccccn23)cc1C#N. The lowest BCUT2D eigenvalue weighted by Crippen LogP contribution is -2.14. The maximum atomic E-state index is 8.91. The standard InChI is InChI=1S/C14H14N6/c1-19-10-11(6-12(19)7-15)8-16-9-14-18-17-13-4-2-3-5-20(13)14/h2-6,10,16H,8-9H2,1H3. The number of aromatic nitrogens is 4. The first-order valence-electron chi connectivity index (χ1n) is 6.32. The van der Waals surface area contributed by atoms with Gasteiger partial charge in [0.2, 0.25) is 0 Å². The van der Waals surface area contributed by atoms with Gasteiger partial charge >= 0.3 is 0 Å². The van der Waals surface area contributed by atoms with Gasteiger partial charge in [-0.2, -0.15) is 5.26 Å². The minimum absolute atomic E-state index is 0.627. The minimum Gasteiger partial charge on any atom is -0.342 e. The largest absolute Gasteiger partial charge is 0.342 e. The molecule has 20 heavy (non-hydrogen) atoms. The van der Waals surface area contributed by atoms with Gasteiger partial charge < -0.3 is 9.88 Å². The third kappa shape index (κ3) is 2.27. The monoisotopic (exact) mass is 266 g/mol. The van der Waals surface area contributed by atoms with Crippen molar-refractivity contribution in [2.24, 2.45) is 7.05 Å². The van der Waals surface area contributed by atoms with Crippen LogP contribution in [0, 0.1) is 11.3 Å². The van der Waals surface area contributed by atoms with Crippen LogP contribution in [0.25, 0.3) is 5.65 Å². The number of nitrogens with zero attached hydrogens (tertiary/aromatic N) is 5. The minimum atomic E-state index is 0.627. The van der Waals surface area contributed by atoms with Crippen molar-refractivity contribution in [3.8, 4) is 6.07 Å². The number of aryl methyl sites for hydroxylation is 1. The summed E-state index contributed by atoms with van der Waals surface area (Å²) in [4.78, 5) is 0. The van der Waals surface area contributed by atoms with Crippen LogP contribution in [0.4, 0.5) is 0 Å². The van der Waals surface area contributed by atoms with Crippen molar-refractivity contribution in [3.63, 3.8) is 0 Å². The van der Waals surface area contributed by atoms with Crippen molar-refractivity contribution in [1.82, 2.24) is 24.5 Å². The predicted molar refractivity (Wildman–Crippen MR) is 73.7 cm³/mol. The molecule has 0 saturated carbocycles. The normalized spacial score (nSPS) is 10.8. The molecule has 0 saturated heterocycles. The first-order chi connectivity index (χ1) is 9.78. The highest BCUT2D eigenvalue weighted by molar-refractivity contribution is 5.37. The second-order valence-corrected chi connectivity index (χ2v) is 4.60. The molecule has 0 aliphatic heterocycles. The number of rotatable bonds is 4. The molecular formula is C14H14N6. The molecule has 0 fully saturated rings. The van der Waals surface area contributed by atoms with E-state index in [0.29, 0.717) is 18.8 Å². The third-order valence-electron chi connectivity index (χ3n) is 3.17. The fourth-order valence-electron chi connectivity index (χ4n) is 2.17. The van der Waals surface area contributed by atoms with E-state index >= 15 is 0 Å². The van der Waals surface area contributed by atoms with Crippen molar-refractivity contribution < 1.29 is 0 Å². The Bertz CT molecular complexity index is 776. The molecule has 0 amide bonds. The van der Waals surface area contributed by atoms with Gasteiger partial charge in [-0.3, -0.25) is 4.40 Å². The van der Waals surface area contributed by atoms with Crippen LogP contribution in [0.15, 0.2) is 36.7 Å². The Kier molecular flexibility index (Phi) is 3.19. The maximum Gasteiger partial charge on any atom is 0.160 e. The second kappa shape index (κ2) is 5.15. The molecule has 0 bridgehead atoms. The van der Waals surface area contributed by atoms with E-state index in [2.05, 4.69) is 21.6 Å². The fraction of sp³-hybridized carbons (Fsp3) is 0.214. The van der Waals surface area contributed by atoms with Gasteiger partial charge in [-0.25, -0.2) is 0 Å². The molecule has 3 aromatic rings. The Labute approximate surface area is 116 Å². The quantitative estimate of drug-likeness (QED) is 0.771. The Morgan fingerprint density at radius 1 is 1.30 bits per heavy atom. The lowest BCUT2D eigenvalue weighted by molar-refractivity contribution is 0.656. The molecule has 100 valence electrons. The van der Waals surface area contributed by atoms with Gasteiger partial charge in [0.15, 0.2) is 11.5 Å². The van der Waals surface area contributed by atoms with Gasteiger partial charge in [-0.1, -0.05) is 6.07 Å². The number of hydrogen-bond donors (Lipinski definition) is 1. The Morgan fingerprint density at radius 2 is 2.20 bits per heavy atom. The summed E-state index contributed by atoms with van der Waals surface area (Å²) in [6, 6.07) is 9.85. The summed E-state index contributed by atoms with van der Waals surface area (Å²) in [7, 11) is 1.87. The van der Waals surface area contributed by atoms with Crippen LogP contribution < -0.4 is 5.32 Å². The van der Waals surface area contributed by atoms with E-state index in [1.807, 2.05) is 52.7 Å². The molecule has 3 rings (SSSR count). The van der Waals surface area contributed by atoms with E-state index in [9.17, 15) is 0 Å². The highest BCUT2D eigenvalue weighted by Crippen LogP contribution is 2.07. The van der Waals surface area contributed by atoms with E-state index < -0.39 is 0 Å². The lowest BCUT2D eigenvalue weighted by atomic mass is 10.3. The van der Waals surface area contributed by atoms with Crippen LogP contribution in [0.3, 0.4) is 0 Å². The molecule has 6 nitrogen and oxygen atoms in total. The van der Waals surface area contributed by atoms with E-state index in [-0.39, 0.29) is 0 Å². The second-order valence-electron chi connectivity index (χ2n) is 4.60. The molecule has 0 spiro atoms. The zero-order valence-corrected chi connectivity index (χ0v) is 11.1. The molecule has 0 radical (unpaired) electrons. The van der Waals surface area contributed by atoms with E-state index in [1.165, 1.54) is 0 Å². The smallest absolute Gasteiger partial charge is 0.160 e. The van der Waals surface area contributed by atoms with E-state index in [0.717, 1.165) is 17.0 Å². The van der Waals surface area contributed by atoms with Gasteiger partial charge in [-0.05, 0) is 23.8 Å². The summed E-state index contributed by atoms with van der Waals surface area (Å²) in [5.74, 6) is 0.872. The van der Waals surface area contributed by atoms with Crippen LogP contribution in [0.2, 0.25) is 0 Å². The highest BCUT2D eigenvalue weighted by atomic mass is 15.3. The fourth-order valence-corrected chi connectivity index (χ4v) is 2.17. The number of hydrogen-bond acceptors (Lipinski definition) is 4. The van der Waals surface area contributed by atoms with Gasteiger partial charge in [-0.15, -0.1) is 10.2 Å². The Hall–Kier alpha value is -2.65. The average Bonchev–Trinajstić information content (AvgIpc) is 3.03. The molecule has 0 aliphatic rings. The number of pyridine rings is 1. The van der Waals surface area contributed by atoms with Crippen molar-refractivity contribution in [3.05, 3.63) is 53.7 Å². The molecule has 0 atom stereocenters. The topological polar surface area (TPSA) is 70.9 Å². The highest BCUT2D eigenvalue weighted by Gasteiger charge is 2.05. The van der Waals surface area contributed by atoms with Crippen molar-refractivity contribution >= 4 is 5.65 Å². The molecule has 6 heteroatoms. The molecule has 0 aliphatic carbocycles. The first-order valence-corrected chi connectivity index (χ1v) is 6.32. The summed E-state index contributed by atoms with van der Waals surface area (Å²) in [6.45, 7) is 1.32. The van der Waals surface area contributed by atoms with Gasteiger partial charge in [0, 0.05) is 26.0 Å². The molecule has 3 aromatic heterocycles. The Balaban J connectivity index is 1.66. The van der Waals surface area contributed by atoms with Crippen molar-refractivity contribution in [1.29, 1.82) is 5.26 Å². The molecule has 1 N–H and O–H groups in total. The van der Waals surface area contributed by atoms with Gasteiger partial charge in [0.05, 0.1) is 6.54 Å². The Morgan fingerprint density at radius 3 is 3.00 bits per heavy atom. The van der Waals surface area contributed by atoms with Crippen LogP contribution in [-0.4, -0.2) is 19.2 Å². The van der Waals surface area contributed by atoms with Gasteiger partial charge in [0.1, 0.15) is 11.8 Å². The predicted octanol–water partition coefficient (Wildman–Crippen LogP) is 1.23. The summed E-state index contributed by atoms with van der Waals surface area (Å²) in [6.07, 6.45) is 3.90. The van der Waals surface area contributed by atoms with E-state index in [4.69, 9.17) is 5.26 Å². The molecule has 3 heterocycles. The maximum absolute atomic E-state index is 8.91. The zero-order chi connectivity index (χ0) is 13.9. The molecule has 0 aromatic carbocycles. The summed E-state index contributed by atoms with van der Waals surface area (Å²) in [5.41, 5.74) is 2.59. The average molecular weight is 266 g/mol. The number of nitriles is 1. The number of fused-ring (bicyclic) bond motifs is 1. The van der Waals surface area contributed by atoms with Gasteiger partial charge in [0.25, 0.3) is 0 Å². The van der Waals surface area contributed by atoms with Crippen LogP contribution in [-0.2, 0) is 20.1 Å². The third-order valence-corrected chi connectivity index (χ3v) is 3.17. The van der Waals surface area contributed by atoms with Crippen LogP contribution in [0.1, 0.15) is 17.1 Å². The molecule has 0 unspecified atom stereocenters. The lowest BCUT2D eigenvalue weighted by Gasteiger charge is -2.01. The zero-order valence-electron chi connectivity index (χ0n) is 11.1. The van der Waals surface area contributed by atoms with Crippen LogP contribution in [0.5, 0.6) is 0 Å². The summed E-state index contributed by atoms with van der Waals surface area (Å²) < 4.78 is 3.78. The van der Waals surface area contributed by atoms with Crippen molar-refractivity contribution in [2.45, 2.75) is 13.1 Å². The summed E-state index contributed by atoms with van der Waals surface area (Å²) >= 11 is 0. The van der Waals surface area contributed by atoms with E-state index in [1.54, 1.807) is 0 Å². The van der Waals surface area contributed by atoms with Crippen molar-refractivity contribution in [2.75, 3.05) is 0 Å². The number of nitrogens with one attached hydrogen (secondary N) is 1.